The number of nitrogens with two attached hydrogens (primary N) is 1. The van der Waals surface area contributed by atoms with Gasteiger partial charge in [-0.25, -0.2) is 9.97 Å². The number of aryl methyl sites for hydroxylation is 2. The first-order chi connectivity index (χ1) is 15.2. The van der Waals surface area contributed by atoms with Gasteiger partial charge in [-0.05, 0) is 42.9 Å². The third-order valence-electron chi connectivity index (χ3n) is 5.44. The molecule has 0 saturated carbocycles. The minimum Gasteiger partial charge on any atom is -0.383 e. The summed E-state index contributed by atoms with van der Waals surface area (Å²) in [6.45, 7) is 0. The Morgan fingerprint density at radius 2 is 1.81 bits per heavy atom. The second-order valence-electron chi connectivity index (χ2n) is 7.53. The van der Waals surface area contributed by atoms with Gasteiger partial charge in [0.15, 0.2) is 5.16 Å². The van der Waals surface area contributed by atoms with Crippen molar-refractivity contribution in [1.82, 2.24) is 9.97 Å². The Bertz CT molecular complexity index is 1250. The molecule has 4 aromatic rings. The van der Waals surface area contributed by atoms with E-state index in [0.717, 1.165) is 39.9 Å². The molecule has 156 valence electrons. The Labute approximate surface area is 189 Å². The summed E-state index contributed by atoms with van der Waals surface area (Å²) in [7, 11) is 0. The molecule has 2 aromatic carbocycles. The van der Waals surface area contributed by atoms with E-state index in [4.69, 9.17) is 10.7 Å². The second-order valence-corrected chi connectivity index (χ2v) is 9.56. The molecule has 3 N–H and O–H groups in total. The summed E-state index contributed by atoms with van der Waals surface area (Å²) in [4.78, 5) is 24.2. The van der Waals surface area contributed by atoms with E-state index in [-0.39, 0.29) is 11.7 Å². The summed E-state index contributed by atoms with van der Waals surface area (Å²) in [5.74, 6) is 0.655. The number of nitrogens with one attached hydrogen (secondary N) is 1. The fraction of sp³-hybridized carbons (Fsp3) is 0.208. The van der Waals surface area contributed by atoms with Gasteiger partial charge in [0.1, 0.15) is 10.6 Å². The van der Waals surface area contributed by atoms with Gasteiger partial charge >= 0.3 is 0 Å². The molecule has 1 aliphatic rings. The molecule has 0 spiro atoms. The van der Waals surface area contributed by atoms with E-state index in [1.807, 2.05) is 54.6 Å². The maximum Gasteiger partial charge on any atom is 0.234 e. The maximum atomic E-state index is 12.7. The predicted octanol–water partition coefficient (Wildman–Crippen LogP) is 5.55. The number of fused-ring (bicyclic) bond motifs is 3. The van der Waals surface area contributed by atoms with Gasteiger partial charge in [-0.2, -0.15) is 0 Å². The molecule has 1 amide bonds. The van der Waals surface area contributed by atoms with E-state index in [1.165, 1.54) is 35.0 Å². The third kappa shape index (κ3) is 4.16. The summed E-state index contributed by atoms with van der Waals surface area (Å²) >= 11 is 3.04. The number of amides is 1. The van der Waals surface area contributed by atoms with Crippen molar-refractivity contribution in [2.45, 2.75) is 30.8 Å². The van der Waals surface area contributed by atoms with E-state index in [0.29, 0.717) is 11.0 Å². The van der Waals surface area contributed by atoms with Gasteiger partial charge in [0.25, 0.3) is 0 Å². The van der Waals surface area contributed by atoms with Crippen molar-refractivity contribution in [3.63, 3.8) is 0 Å². The lowest BCUT2D eigenvalue weighted by Crippen LogP contribution is -2.15. The molecule has 7 heteroatoms. The zero-order valence-electron chi connectivity index (χ0n) is 16.9. The molecule has 5 nitrogen and oxygen atoms in total. The van der Waals surface area contributed by atoms with E-state index < -0.39 is 0 Å². The summed E-state index contributed by atoms with van der Waals surface area (Å²) in [5, 5.41) is 4.60. The molecule has 1 aliphatic carbocycles. The molecule has 0 atom stereocenters. The van der Waals surface area contributed by atoms with Crippen LogP contribution in [0, 0.1) is 0 Å². The Morgan fingerprint density at radius 3 is 2.68 bits per heavy atom. The van der Waals surface area contributed by atoms with Crippen LogP contribution in [-0.2, 0) is 17.6 Å². The van der Waals surface area contributed by atoms with Crippen LogP contribution in [-0.4, -0.2) is 21.6 Å². The van der Waals surface area contributed by atoms with Gasteiger partial charge < -0.3 is 11.1 Å². The van der Waals surface area contributed by atoms with Crippen molar-refractivity contribution in [3.8, 4) is 11.1 Å². The van der Waals surface area contributed by atoms with Crippen LogP contribution in [0.1, 0.15) is 23.3 Å². The highest BCUT2D eigenvalue weighted by molar-refractivity contribution is 7.99. The number of carbonyl (C=O) groups excluding carboxylic acids is 1. The van der Waals surface area contributed by atoms with Gasteiger partial charge in [0, 0.05) is 16.1 Å². The quantitative estimate of drug-likeness (QED) is 0.310. The normalized spacial score (nSPS) is 13.2. The number of anilines is 2. The Hall–Kier alpha value is -2.90. The monoisotopic (exact) mass is 446 g/mol. The summed E-state index contributed by atoms with van der Waals surface area (Å²) in [5.41, 5.74) is 10.5. The van der Waals surface area contributed by atoms with Crippen molar-refractivity contribution in [1.29, 1.82) is 0 Å². The SMILES string of the molecule is Nc1nc(SCC(=O)Nc2ccccc2-c2ccccc2)nc2sc3c(c12)CCCC3. The topological polar surface area (TPSA) is 80.9 Å². The van der Waals surface area contributed by atoms with Crippen LogP contribution in [0.5, 0.6) is 0 Å². The molecule has 0 saturated heterocycles. The number of nitrogen functional groups attached to an aromatic ring is 1. The highest BCUT2D eigenvalue weighted by Gasteiger charge is 2.20. The van der Waals surface area contributed by atoms with Gasteiger partial charge in [0.05, 0.1) is 11.1 Å². The molecule has 31 heavy (non-hydrogen) atoms. The van der Waals surface area contributed by atoms with Gasteiger partial charge in [0.2, 0.25) is 5.91 Å². The Balaban J connectivity index is 1.31. The summed E-state index contributed by atoms with van der Waals surface area (Å²) < 4.78 is 0. The number of nitrogens with zero attached hydrogens (tertiary/aromatic N) is 2. The van der Waals surface area contributed by atoms with E-state index in [9.17, 15) is 4.79 Å². The van der Waals surface area contributed by atoms with Crippen molar-refractivity contribution in [2.24, 2.45) is 0 Å². The first kappa shape index (κ1) is 20.0. The average Bonchev–Trinajstić information content (AvgIpc) is 3.17. The molecule has 5 rings (SSSR count). The summed E-state index contributed by atoms with van der Waals surface area (Å²) in [6.07, 6.45) is 4.57. The fourth-order valence-electron chi connectivity index (χ4n) is 4.01. The average molecular weight is 447 g/mol. The molecule has 2 heterocycles. The molecule has 0 radical (unpaired) electrons. The largest absolute Gasteiger partial charge is 0.383 e. The number of benzene rings is 2. The zero-order chi connectivity index (χ0) is 21.2. The van der Waals surface area contributed by atoms with Crippen LogP contribution >= 0.6 is 23.1 Å². The molecule has 0 aliphatic heterocycles. The molecular weight excluding hydrogens is 424 g/mol. The highest BCUT2D eigenvalue weighted by atomic mass is 32.2. The molecule has 0 unspecified atom stereocenters. The number of aromatic nitrogens is 2. The lowest BCUT2D eigenvalue weighted by atomic mass is 9.97. The van der Waals surface area contributed by atoms with Crippen molar-refractivity contribution in [3.05, 3.63) is 65.0 Å². The number of para-hydroxylation sites is 1. The smallest absolute Gasteiger partial charge is 0.234 e. The van der Waals surface area contributed by atoms with Crippen molar-refractivity contribution < 1.29 is 4.79 Å². The molecule has 0 bridgehead atoms. The van der Waals surface area contributed by atoms with E-state index >= 15 is 0 Å². The minimum atomic E-state index is -0.0962. The van der Waals surface area contributed by atoms with Gasteiger partial charge in [-0.15, -0.1) is 11.3 Å². The van der Waals surface area contributed by atoms with Crippen LogP contribution < -0.4 is 11.1 Å². The third-order valence-corrected chi connectivity index (χ3v) is 7.47. The van der Waals surface area contributed by atoms with E-state index in [2.05, 4.69) is 10.3 Å². The van der Waals surface area contributed by atoms with Crippen LogP contribution in [0.2, 0.25) is 0 Å². The summed E-state index contributed by atoms with van der Waals surface area (Å²) in [6, 6.07) is 17.8. The molecular formula is C24H22N4OS2. The maximum absolute atomic E-state index is 12.7. The lowest BCUT2D eigenvalue weighted by molar-refractivity contribution is -0.113. The zero-order valence-corrected chi connectivity index (χ0v) is 18.6. The number of rotatable bonds is 5. The van der Waals surface area contributed by atoms with Crippen molar-refractivity contribution in [2.75, 3.05) is 16.8 Å². The predicted molar refractivity (Wildman–Crippen MR) is 130 cm³/mol. The first-order valence-corrected chi connectivity index (χ1v) is 12.1. The van der Waals surface area contributed by atoms with Crippen LogP contribution in [0.25, 0.3) is 21.3 Å². The number of carbonyl (C=O) groups is 1. The van der Waals surface area contributed by atoms with E-state index in [1.54, 1.807) is 11.3 Å². The Kier molecular flexibility index (Phi) is 5.61. The van der Waals surface area contributed by atoms with Crippen molar-refractivity contribution >= 4 is 50.7 Å². The molecule has 2 aromatic heterocycles. The van der Waals surface area contributed by atoms with Gasteiger partial charge in [-0.3, -0.25) is 4.79 Å². The number of thioether (sulfide) groups is 1. The standard InChI is InChI=1S/C24H22N4OS2/c25-22-21-17-11-5-7-13-19(17)31-23(21)28-24(27-22)30-14-20(29)26-18-12-6-4-10-16(18)15-8-2-1-3-9-15/h1-4,6,8-10,12H,5,7,11,13-14H2,(H,26,29)(H2,25,27,28). The number of hydrogen-bond donors (Lipinski definition) is 2. The number of hydrogen-bond acceptors (Lipinski definition) is 6. The molecule has 0 fully saturated rings. The minimum absolute atomic E-state index is 0.0962. The van der Waals surface area contributed by atoms with Crippen LogP contribution in [0.3, 0.4) is 0 Å². The van der Waals surface area contributed by atoms with Crippen LogP contribution in [0.4, 0.5) is 11.5 Å². The van der Waals surface area contributed by atoms with Crippen LogP contribution in [0.15, 0.2) is 59.8 Å². The fourth-order valence-corrected chi connectivity index (χ4v) is 5.99. The Morgan fingerprint density at radius 1 is 1.03 bits per heavy atom. The number of thiophene rings is 1. The lowest BCUT2D eigenvalue weighted by Gasteiger charge is -2.11. The van der Waals surface area contributed by atoms with Gasteiger partial charge in [-0.1, -0.05) is 60.3 Å². The first-order valence-electron chi connectivity index (χ1n) is 10.3. The highest BCUT2D eigenvalue weighted by Crippen LogP contribution is 2.38. The second kappa shape index (κ2) is 8.69.